The van der Waals surface area contributed by atoms with Gasteiger partial charge in [0, 0.05) is 0 Å². The minimum atomic E-state index is 0.232. The van der Waals surface area contributed by atoms with E-state index in [2.05, 4.69) is 21.7 Å². The summed E-state index contributed by atoms with van der Waals surface area (Å²) in [5, 5.41) is 11.1. The first-order valence-corrected chi connectivity index (χ1v) is 7.36. The van der Waals surface area contributed by atoms with Crippen LogP contribution in [0.15, 0.2) is 59.8 Å². The lowest BCUT2D eigenvalue weighted by Crippen LogP contribution is -1.97. The fraction of sp³-hybridized carbons (Fsp3) is 0.150. The van der Waals surface area contributed by atoms with Gasteiger partial charge in [-0.25, -0.2) is 0 Å². The molecule has 0 spiro atoms. The van der Waals surface area contributed by atoms with Crippen molar-refractivity contribution in [1.29, 1.82) is 0 Å². The predicted molar refractivity (Wildman–Crippen MR) is 97.2 cm³/mol. The first kappa shape index (κ1) is 19.6. The summed E-state index contributed by atoms with van der Waals surface area (Å²) in [5.74, 6) is 6.79. The van der Waals surface area contributed by atoms with Crippen LogP contribution in [-0.4, -0.2) is 31.2 Å². The second-order valence-electron chi connectivity index (χ2n) is 4.40. The van der Waals surface area contributed by atoms with Crippen LogP contribution < -0.4 is 9.47 Å². The van der Waals surface area contributed by atoms with E-state index in [0.717, 1.165) is 11.5 Å². The van der Waals surface area contributed by atoms with E-state index in [-0.39, 0.29) is 6.61 Å². The van der Waals surface area contributed by atoms with Gasteiger partial charge in [0.15, 0.2) is 0 Å². The third-order valence-corrected chi connectivity index (χ3v) is 2.58. The molecule has 0 amide bonds. The molecule has 0 aromatic heterocycles. The Morgan fingerprint density at radius 2 is 1.44 bits per heavy atom. The van der Waals surface area contributed by atoms with Crippen LogP contribution in [0.25, 0.3) is 0 Å². The number of terminal acetylenes is 2. The smallest absolute Gasteiger partial charge is 0.127 e. The van der Waals surface area contributed by atoms with Gasteiger partial charge >= 0.3 is 0 Å². The highest BCUT2D eigenvalue weighted by molar-refractivity contribution is 5.58. The molecule has 2 rings (SSSR count). The number of ether oxygens (including phenoxy) is 3. The van der Waals surface area contributed by atoms with Crippen LogP contribution in [0.4, 0.5) is 0 Å². The van der Waals surface area contributed by atoms with Gasteiger partial charge in [0.25, 0.3) is 0 Å². The quantitative estimate of drug-likeness (QED) is 0.276. The highest BCUT2D eigenvalue weighted by Gasteiger charge is 1.97. The minimum Gasteiger partial charge on any atom is -0.488 e. The lowest BCUT2D eigenvalue weighted by molar-refractivity contribution is 0.205. The molecule has 1 N–H and O–H groups in total. The molecule has 0 aliphatic heterocycles. The van der Waals surface area contributed by atoms with Crippen LogP contribution in [0.1, 0.15) is 0 Å². The molecule has 0 saturated heterocycles. The second-order valence-corrected chi connectivity index (χ2v) is 4.40. The molecule has 0 unspecified atom stereocenters. The van der Waals surface area contributed by atoms with E-state index < -0.39 is 0 Å². The molecule has 0 aliphatic rings. The second kappa shape index (κ2) is 13.1. The summed E-state index contributed by atoms with van der Waals surface area (Å²) in [5.41, 5.74) is 0. The van der Waals surface area contributed by atoms with E-state index in [0.29, 0.717) is 19.0 Å². The number of para-hydroxylation sites is 1. The van der Waals surface area contributed by atoms with Crippen molar-refractivity contribution < 1.29 is 19.4 Å². The molecule has 0 atom stereocenters. The fourth-order valence-corrected chi connectivity index (χ4v) is 1.56. The molecule has 2 aromatic carbocycles. The molecule has 0 heterocycles. The number of hydrogen-bond donors (Lipinski definition) is 1. The maximum Gasteiger partial charge on any atom is 0.127 e. The molecule has 5 nitrogen and oxygen atoms in total. The molecular formula is C20H19NO4. The average molecular weight is 337 g/mol. The van der Waals surface area contributed by atoms with E-state index in [9.17, 15) is 0 Å². The van der Waals surface area contributed by atoms with Gasteiger partial charge in [0.1, 0.15) is 37.1 Å². The van der Waals surface area contributed by atoms with Crippen LogP contribution in [0.2, 0.25) is 0 Å². The van der Waals surface area contributed by atoms with Crippen LogP contribution in [0, 0.1) is 24.7 Å². The van der Waals surface area contributed by atoms with Crippen LogP contribution in [0.3, 0.4) is 0 Å². The van der Waals surface area contributed by atoms with E-state index in [4.69, 9.17) is 27.5 Å². The topological polar surface area (TPSA) is 60.3 Å². The Bertz CT molecular complexity index is 683. The van der Waals surface area contributed by atoms with E-state index in [1.807, 2.05) is 42.5 Å². The minimum absolute atomic E-state index is 0.232. The van der Waals surface area contributed by atoms with Gasteiger partial charge in [-0.2, -0.15) is 0 Å². The summed E-state index contributed by atoms with van der Waals surface area (Å²) in [7, 11) is 0. The number of oxime groups is 1. The van der Waals surface area contributed by atoms with Gasteiger partial charge in [0.2, 0.25) is 0 Å². The summed E-state index contributed by atoms with van der Waals surface area (Å²) in [6.07, 6.45) is 10.9. The third-order valence-electron chi connectivity index (χ3n) is 2.58. The summed E-state index contributed by atoms with van der Waals surface area (Å²) in [4.78, 5) is 0. The molecule has 128 valence electrons. The van der Waals surface area contributed by atoms with Gasteiger partial charge in [-0.3, -0.25) is 0 Å². The molecule has 0 radical (unpaired) electrons. The van der Waals surface area contributed by atoms with Crippen molar-refractivity contribution >= 4 is 6.21 Å². The van der Waals surface area contributed by atoms with E-state index in [1.54, 1.807) is 12.1 Å². The summed E-state index contributed by atoms with van der Waals surface area (Å²) >= 11 is 0. The van der Waals surface area contributed by atoms with E-state index in [1.165, 1.54) is 6.21 Å². The Morgan fingerprint density at radius 3 is 2.00 bits per heavy atom. The average Bonchev–Trinajstić information content (AvgIpc) is 2.65. The Morgan fingerprint density at radius 1 is 0.880 bits per heavy atom. The monoisotopic (exact) mass is 337 g/mol. The molecule has 2 aromatic rings. The van der Waals surface area contributed by atoms with Crippen molar-refractivity contribution in [2.45, 2.75) is 0 Å². The normalized spacial score (nSPS) is 9.36. The standard InChI is InChI=1S/C14H13NO3.C6H6O/c16-15-10-11-17-12-6-8-14(9-7-12)18-13-4-2-1-3-5-13;1-3-5-7-6-4-2/h1-10,16H,11H2;1-2H,5-6H2/b15-10-;. The molecule has 0 aliphatic carbocycles. The lowest BCUT2D eigenvalue weighted by atomic mass is 10.3. The predicted octanol–water partition coefficient (Wildman–Crippen LogP) is 3.59. The summed E-state index contributed by atoms with van der Waals surface area (Å²) < 4.78 is 15.6. The van der Waals surface area contributed by atoms with E-state index >= 15 is 0 Å². The Labute approximate surface area is 147 Å². The number of hydrogen-bond acceptors (Lipinski definition) is 5. The zero-order chi connectivity index (χ0) is 18.2. The first-order valence-electron chi connectivity index (χ1n) is 7.36. The lowest BCUT2D eigenvalue weighted by Gasteiger charge is -2.06. The summed E-state index contributed by atoms with van der Waals surface area (Å²) in [6.45, 7) is 0.851. The van der Waals surface area contributed by atoms with Crippen LogP contribution in [-0.2, 0) is 4.74 Å². The molecule has 0 fully saturated rings. The molecule has 0 bridgehead atoms. The largest absolute Gasteiger partial charge is 0.488 e. The third kappa shape index (κ3) is 9.35. The van der Waals surface area contributed by atoms with Gasteiger partial charge < -0.3 is 19.4 Å². The van der Waals surface area contributed by atoms with Crippen molar-refractivity contribution in [2.75, 3.05) is 19.8 Å². The molecule has 0 saturated carbocycles. The van der Waals surface area contributed by atoms with Gasteiger partial charge in [-0.05, 0) is 36.4 Å². The van der Waals surface area contributed by atoms with Gasteiger partial charge in [-0.1, -0.05) is 35.2 Å². The first-order chi connectivity index (χ1) is 12.3. The molecule has 25 heavy (non-hydrogen) atoms. The van der Waals surface area contributed by atoms with Crippen LogP contribution in [0.5, 0.6) is 17.2 Å². The maximum absolute atomic E-state index is 8.22. The highest BCUT2D eigenvalue weighted by atomic mass is 16.5. The van der Waals surface area contributed by atoms with Crippen molar-refractivity contribution in [1.82, 2.24) is 0 Å². The van der Waals surface area contributed by atoms with Gasteiger partial charge in [0.05, 0.1) is 6.21 Å². The fourth-order valence-electron chi connectivity index (χ4n) is 1.56. The van der Waals surface area contributed by atoms with Crippen molar-refractivity contribution in [2.24, 2.45) is 5.16 Å². The molecule has 5 heteroatoms. The zero-order valence-electron chi connectivity index (χ0n) is 13.7. The van der Waals surface area contributed by atoms with Gasteiger partial charge in [-0.15, -0.1) is 12.8 Å². The van der Waals surface area contributed by atoms with Crippen molar-refractivity contribution in [3.05, 3.63) is 54.6 Å². The zero-order valence-corrected chi connectivity index (χ0v) is 13.7. The highest BCUT2D eigenvalue weighted by Crippen LogP contribution is 2.23. The number of nitrogens with zero attached hydrogens (tertiary/aromatic N) is 1. The maximum atomic E-state index is 8.22. The summed E-state index contributed by atoms with van der Waals surface area (Å²) in [6, 6.07) is 16.8. The van der Waals surface area contributed by atoms with Crippen LogP contribution >= 0.6 is 0 Å². The van der Waals surface area contributed by atoms with Crippen molar-refractivity contribution in [3.8, 4) is 41.9 Å². The Kier molecular flexibility index (Phi) is 10.3. The number of rotatable bonds is 7. The van der Waals surface area contributed by atoms with Crippen molar-refractivity contribution in [3.63, 3.8) is 0 Å². The number of benzene rings is 2. The SMILES string of the molecule is C#CCOCC#C.O/N=C\COc1ccc(Oc2ccccc2)cc1. The Balaban J connectivity index is 0.000000381. The molecular weight excluding hydrogens is 318 g/mol. The Hall–Kier alpha value is -3.41.